The van der Waals surface area contributed by atoms with E-state index >= 15 is 0 Å². The minimum Gasteiger partial charge on any atom is -0.468 e. The molecule has 19 heavy (non-hydrogen) atoms. The third-order valence-electron chi connectivity index (χ3n) is 3.86. The van der Waals surface area contributed by atoms with Crippen molar-refractivity contribution in [2.45, 2.75) is 32.6 Å². The lowest BCUT2D eigenvalue weighted by molar-refractivity contribution is -0.163. The van der Waals surface area contributed by atoms with Crippen LogP contribution in [0.5, 0.6) is 0 Å². The number of para-hydroxylation sites is 1. The largest absolute Gasteiger partial charge is 0.468 e. The Labute approximate surface area is 113 Å². The molecular formula is C15H19NO3. The maximum Gasteiger partial charge on any atom is 0.321 e. The van der Waals surface area contributed by atoms with Crippen molar-refractivity contribution in [2.75, 3.05) is 12.4 Å². The Morgan fingerprint density at radius 2 is 2.00 bits per heavy atom. The van der Waals surface area contributed by atoms with E-state index in [0.717, 1.165) is 24.1 Å². The smallest absolute Gasteiger partial charge is 0.321 e. The molecule has 0 aliphatic heterocycles. The quantitative estimate of drug-likeness (QED) is 0.669. The first kappa shape index (κ1) is 13.6. The number of anilines is 1. The third-order valence-corrected chi connectivity index (χ3v) is 3.86. The number of benzene rings is 1. The van der Waals surface area contributed by atoms with Crippen LogP contribution < -0.4 is 5.32 Å². The van der Waals surface area contributed by atoms with Crippen molar-refractivity contribution in [3.63, 3.8) is 0 Å². The number of nitrogens with one attached hydrogen (secondary N) is 1. The van der Waals surface area contributed by atoms with E-state index in [9.17, 15) is 9.59 Å². The van der Waals surface area contributed by atoms with E-state index in [2.05, 4.69) is 5.32 Å². The zero-order valence-corrected chi connectivity index (χ0v) is 11.4. The average molecular weight is 261 g/mol. The van der Waals surface area contributed by atoms with Crippen molar-refractivity contribution in [3.8, 4) is 0 Å². The second kappa shape index (κ2) is 5.43. The summed E-state index contributed by atoms with van der Waals surface area (Å²) in [7, 11) is 1.33. The number of carbonyl (C=O) groups is 2. The van der Waals surface area contributed by atoms with Crippen molar-refractivity contribution in [1.29, 1.82) is 0 Å². The topological polar surface area (TPSA) is 55.4 Å². The van der Waals surface area contributed by atoms with E-state index in [0.29, 0.717) is 12.8 Å². The number of rotatable bonds is 4. The lowest BCUT2D eigenvalue weighted by Gasteiger charge is -2.37. The van der Waals surface area contributed by atoms with Gasteiger partial charge in [-0.1, -0.05) is 31.5 Å². The molecule has 4 heteroatoms. The molecule has 1 aromatic rings. The van der Waals surface area contributed by atoms with Gasteiger partial charge in [0.1, 0.15) is 5.41 Å². The molecule has 102 valence electrons. The van der Waals surface area contributed by atoms with Crippen LogP contribution in [0.4, 0.5) is 5.69 Å². The van der Waals surface area contributed by atoms with Gasteiger partial charge in [-0.3, -0.25) is 9.59 Å². The molecule has 0 spiro atoms. The van der Waals surface area contributed by atoms with Crippen LogP contribution in [0, 0.1) is 5.41 Å². The van der Waals surface area contributed by atoms with Gasteiger partial charge in [-0.2, -0.15) is 0 Å². The van der Waals surface area contributed by atoms with Gasteiger partial charge in [0.05, 0.1) is 7.11 Å². The molecule has 1 N–H and O–H groups in total. The number of aryl methyl sites for hydroxylation is 1. The zero-order chi connectivity index (χ0) is 13.9. The molecule has 1 fully saturated rings. The van der Waals surface area contributed by atoms with Gasteiger partial charge in [0.15, 0.2) is 0 Å². The third kappa shape index (κ3) is 2.35. The summed E-state index contributed by atoms with van der Waals surface area (Å²) in [5.41, 5.74) is 0.871. The van der Waals surface area contributed by atoms with Crippen molar-refractivity contribution >= 4 is 17.6 Å². The second-order valence-corrected chi connectivity index (χ2v) is 4.89. The monoisotopic (exact) mass is 261 g/mol. The number of hydrogen-bond acceptors (Lipinski definition) is 3. The van der Waals surface area contributed by atoms with E-state index in [4.69, 9.17) is 4.74 Å². The van der Waals surface area contributed by atoms with Crippen molar-refractivity contribution < 1.29 is 14.3 Å². The van der Waals surface area contributed by atoms with E-state index in [1.165, 1.54) is 7.11 Å². The number of ether oxygens (including phenoxy) is 1. The number of amides is 1. The molecule has 2 rings (SSSR count). The fourth-order valence-electron chi connectivity index (χ4n) is 2.44. The molecule has 4 nitrogen and oxygen atoms in total. The van der Waals surface area contributed by atoms with E-state index in [1.54, 1.807) is 0 Å². The highest BCUT2D eigenvalue weighted by Crippen LogP contribution is 2.43. The molecule has 0 aromatic heterocycles. The first-order valence-electron chi connectivity index (χ1n) is 6.62. The fraction of sp³-hybridized carbons (Fsp3) is 0.467. The highest BCUT2D eigenvalue weighted by Gasteiger charge is 2.52. The lowest BCUT2D eigenvalue weighted by Crippen LogP contribution is -2.49. The Morgan fingerprint density at radius 1 is 1.32 bits per heavy atom. The molecule has 0 saturated heterocycles. The molecule has 0 bridgehead atoms. The molecule has 0 radical (unpaired) electrons. The minimum absolute atomic E-state index is 0.244. The fourth-order valence-corrected chi connectivity index (χ4v) is 2.44. The van der Waals surface area contributed by atoms with Gasteiger partial charge in [-0.25, -0.2) is 0 Å². The number of carbonyl (C=O) groups excluding carboxylic acids is 2. The van der Waals surface area contributed by atoms with Gasteiger partial charge < -0.3 is 10.1 Å². The van der Waals surface area contributed by atoms with E-state index < -0.39 is 11.4 Å². The van der Waals surface area contributed by atoms with Gasteiger partial charge in [0, 0.05) is 5.69 Å². The minimum atomic E-state index is -0.977. The number of hydrogen-bond donors (Lipinski definition) is 1. The van der Waals surface area contributed by atoms with Crippen LogP contribution >= 0.6 is 0 Å². The van der Waals surface area contributed by atoms with Gasteiger partial charge >= 0.3 is 5.97 Å². The van der Waals surface area contributed by atoms with Crippen LogP contribution in [0.2, 0.25) is 0 Å². The standard InChI is InChI=1S/C15H19NO3/c1-3-11-7-4-5-8-12(11)16-13(17)15(9-6-10-15)14(18)19-2/h4-5,7-8H,3,6,9-10H2,1-2H3,(H,16,17). The first-order chi connectivity index (χ1) is 9.14. The van der Waals surface area contributed by atoms with Crippen molar-refractivity contribution in [2.24, 2.45) is 5.41 Å². The van der Waals surface area contributed by atoms with E-state index in [-0.39, 0.29) is 5.91 Å². The summed E-state index contributed by atoms with van der Waals surface area (Å²) in [6, 6.07) is 7.65. The van der Waals surface area contributed by atoms with E-state index in [1.807, 2.05) is 31.2 Å². The zero-order valence-electron chi connectivity index (χ0n) is 11.4. The molecule has 0 heterocycles. The van der Waals surface area contributed by atoms with Crippen LogP contribution in [0.3, 0.4) is 0 Å². The number of methoxy groups -OCH3 is 1. The highest BCUT2D eigenvalue weighted by molar-refractivity contribution is 6.09. The summed E-state index contributed by atoms with van der Waals surface area (Å²) in [5.74, 6) is -0.670. The summed E-state index contributed by atoms with van der Waals surface area (Å²) < 4.78 is 4.77. The lowest BCUT2D eigenvalue weighted by atomic mass is 9.68. The van der Waals surface area contributed by atoms with Crippen LogP contribution in [-0.4, -0.2) is 19.0 Å². The maximum absolute atomic E-state index is 12.4. The Bertz CT molecular complexity index is 492. The summed E-state index contributed by atoms with van der Waals surface area (Å²) in [5, 5.41) is 2.88. The SMILES string of the molecule is CCc1ccccc1NC(=O)C1(C(=O)OC)CCC1. The van der Waals surface area contributed by atoms with Gasteiger partial charge in [0.2, 0.25) is 5.91 Å². The van der Waals surface area contributed by atoms with Crippen LogP contribution in [0.1, 0.15) is 31.7 Å². The predicted molar refractivity (Wildman–Crippen MR) is 72.7 cm³/mol. The molecule has 1 saturated carbocycles. The Balaban J connectivity index is 2.18. The average Bonchev–Trinajstić information content (AvgIpc) is 2.37. The summed E-state index contributed by atoms with van der Waals surface area (Å²) in [4.78, 5) is 24.2. The van der Waals surface area contributed by atoms with Crippen LogP contribution in [0.25, 0.3) is 0 Å². The maximum atomic E-state index is 12.4. The Morgan fingerprint density at radius 3 is 2.53 bits per heavy atom. The molecular weight excluding hydrogens is 242 g/mol. The second-order valence-electron chi connectivity index (χ2n) is 4.89. The first-order valence-corrected chi connectivity index (χ1v) is 6.62. The molecule has 1 aliphatic carbocycles. The summed E-state index contributed by atoms with van der Waals surface area (Å²) in [6.07, 6.45) is 2.86. The predicted octanol–water partition coefficient (Wildman–Crippen LogP) is 2.53. The summed E-state index contributed by atoms with van der Waals surface area (Å²) >= 11 is 0. The molecule has 0 unspecified atom stereocenters. The molecule has 0 atom stereocenters. The van der Waals surface area contributed by atoms with Crippen LogP contribution in [-0.2, 0) is 20.7 Å². The molecule has 1 aromatic carbocycles. The van der Waals surface area contributed by atoms with Crippen molar-refractivity contribution in [1.82, 2.24) is 0 Å². The van der Waals surface area contributed by atoms with Crippen LogP contribution in [0.15, 0.2) is 24.3 Å². The van der Waals surface area contributed by atoms with Gasteiger partial charge in [-0.15, -0.1) is 0 Å². The van der Waals surface area contributed by atoms with Crippen molar-refractivity contribution in [3.05, 3.63) is 29.8 Å². The number of esters is 1. The molecule has 1 aliphatic rings. The summed E-state index contributed by atoms with van der Waals surface area (Å²) in [6.45, 7) is 2.03. The Kier molecular flexibility index (Phi) is 3.88. The van der Waals surface area contributed by atoms with Gasteiger partial charge in [-0.05, 0) is 30.9 Å². The highest BCUT2D eigenvalue weighted by atomic mass is 16.5. The molecule has 1 amide bonds. The van der Waals surface area contributed by atoms with Gasteiger partial charge in [0.25, 0.3) is 0 Å². The Hall–Kier alpha value is -1.84. The normalized spacial score (nSPS) is 16.3.